The number of alkyl halides is 3. The van der Waals surface area contributed by atoms with Gasteiger partial charge in [-0.15, -0.1) is 0 Å². The summed E-state index contributed by atoms with van der Waals surface area (Å²) in [5.41, 5.74) is 0. The van der Waals surface area contributed by atoms with Crippen molar-refractivity contribution in [1.29, 1.82) is 0 Å². The van der Waals surface area contributed by atoms with Crippen molar-refractivity contribution < 1.29 is 19.1 Å². The molecule has 0 spiro atoms. The molecular formula is C14H23Cl3O4. The molecule has 0 aromatic carbocycles. The molecule has 7 heteroatoms. The first-order valence-electron chi connectivity index (χ1n) is 7.17. The van der Waals surface area contributed by atoms with Gasteiger partial charge in [0.25, 0.3) is 0 Å². The highest BCUT2D eigenvalue weighted by Crippen LogP contribution is 2.26. The molecule has 0 aromatic rings. The number of carbonyl (C=O) groups is 2. The quantitative estimate of drug-likeness (QED) is 0.307. The van der Waals surface area contributed by atoms with E-state index in [-0.39, 0.29) is 18.5 Å². The summed E-state index contributed by atoms with van der Waals surface area (Å²) in [5.74, 6) is -0.556. The average Bonchev–Trinajstić information content (AvgIpc) is 2.37. The van der Waals surface area contributed by atoms with Crippen molar-refractivity contribution in [1.82, 2.24) is 0 Å². The van der Waals surface area contributed by atoms with Crippen LogP contribution >= 0.6 is 34.8 Å². The van der Waals surface area contributed by atoms with Crippen molar-refractivity contribution in [2.24, 2.45) is 0 Å². The summed E-state index contributed by atoms with van der Waals surface area (Å²) in [4.78, 5) is 21.8. The smallest absolute Gasteiger partial charge is 0.305 e. The number of rotatable bonds is 11. The molecule has 0 aliphatic heterocycles. The van der Waals surface area contributed by atoms with E-state index >= 15 is 0 Å². The molecule has 124 valence electrons. The lowest BCUT2D eigenvalue weighted by Crippen LogP contribution is -2.17. The Kier molecular flexibility index (Phi) is 12.3. The maximum absolute atomic E-state index is 11.3. The summed E-state index contributed by atoms with van der Waals surface area (Å²) >= 11 is 16.4. The largest absolute Gasteiger partial charge is 0.466 e. The van der Waals surface area contributed by atoms with Crippen LogP contribution in [0.3, 0.4) is 0 Å². The van der Waals surface area contributed by atoms with Crippen LogP contribution in [-0.4, -0.2) is 28.9 Å². The van der Waals surface area contributed by atoms with E-state index in [1.54, 1.807) is 0 Å². The van der Waals surface area contributed by atoms with E-state index in [4.69, 9.17) is 44.3 Å². The third kappa shape index (κ3) is 17.8. The number of hydrogen-bond acceptors (Lipinski definition) is 4. The minimum Gasteiger partial charge on any atom is -0.466 e. The maximum atomic E-state index is 11.3. The van der Waals surface area contributed by atoms with Gasteiger partial charge in [-0.1, -0.05) is 66.9 Å². The zero-order valence-corrected chi connectivity index (χ0v) is 14.6. The molecule has 0 bridgehead atoms. The number of ether oxygens (including phenoxy) is 2. The lowest BCUT2D eigenvalue weighted by Gasteiger charge is -2.11. The fourth-order valence-electron chi connectivity index (χ4n) is 1.71. The first-order valence-corrected chi connectivity index (χ1v) is 8.30. The molecule has 0 atom stereocenters. The monoisotopic (exact) mass is 360 g/mol. The Morgan fingerprint density at radius 3 is 1.90 bits per heavy atom. The minimum atomic E-state index is -1.54. The highest BCUT2D eigenvalue weighted by molar-refractivity contribution is 6.67. The molecule has 0 N–H and O–H groups in total. The maximum Gasteiger partial charge on any atom is 0.305 e. The summed E-state index contributed by atoms with van der Waals surface area (Å²) in [6.45, 7) is 1.71. The first-order chi connectivity index (χ1) is 9.81. The van der Waals surface area contributed by atoms with Gasteiger partial charge < -0.3 is 9.47 Å². The van der Waals surface area contributed by atoms with Gasteiger partial charge >= 0.3 is 11.9 Å². The molecule has 0 unspecified atom stereocenters. The highest BCUT2D eigenvalue weighted by Gasteiger charge is 2.21. The van der Waals surface area contributed by atoms with Crippen LogP contribution < -0.4 is 0 Å². The number of halogens is 3. The van der Waals surface area contributed by atoms with Gasteiger partial charge in [-0.05, 0) is 12.8 Å². The molecule has 0 heterocycles. The van der Waals surface area contributed by atoms with Gasteiger partial charge in [-0.2, -0.15) is 0 Å². The molecule has 0 aliphatic carbocycles. The van der Waals surface area contributed by atoms with Gasteiger partial charge in [0.15, 0.2) is 0 Å². The van der Waals surface area contributed by atoms with E-state index in [0.29, 0.717) is 13.0 Å². The van der Waals surface area contributed by atoms with E-state index in [1.807, 2.05) is 0 Å². The SMILES string of the molecule is CC(=O)OCCCCCCCCCC(=O)OCC(Cl)(Cl)Cl. The lowest BCUT2D eigenvalue weighted by molar-refractivity contribution is -0.143. The second kappa shape index (κ2) is 12.4. The Morgan fingerprint density at radius 2 is 1.38 bits per heavy atom. The van der Waals surface area contributed by atoms with E-state index in [2.05, 4.69) is 0 Å². The summed E-state index contributed by atoms with van der Waals surface area (Å²) < 4.78 is 8.12. The van der Waals surface area contributed by atoms with Crippen molar-refractivity contribution in [2.75, 3.05) is 13.2 Å². The van der Waals surface area contributed by atoms with Crippen molar-refractivity contribution in [3.63, 3.8) is 0 Å². The number of hydrogen-bond donors (Lipinski definition) is 0. The second-order valence-electron chi connectivity index (χ2n) is 4.84. The lowest BCUT2D eigenvalue weighted by atomic mass is 10.1. The predicted octanol–water partition coefficient (Wildman–Crippen LogP) is 4.58. The van der Waals surface area contributed by atoms with E-state index in [0.717, 1.165) is 44.9 Å². The number of unbranched alkanes of at least 4 members (excludes halogenated alkanes) is 6. The molecule has 0 radical (unpaired) electrons. The van der Waals surface area contributed by atoms with Crippen molar-refractivity contribution in [3.8, 4) is 0 Å². The van der Waals surface area contributed by atoms with Crippen molar-refractivity contribution >= 4 is 46.7 Å². The summed E-state index contributed by atoms with van der Waals surface area (Å²) in [6, 6.07) is 0. The summed E-state index contributed by atoms with van der Waals surface area (Å²) in [5, 5.41) is 0. The molecule has 0 saturated carbocycles. The zero-order chi connectivity index (χ0) is 16.1. The fraction of sp³-hybridized carbons (Fsp3) is 0.857. The Labute approximate surface area is 141 Å². The third-order valence-electron chi connectivity index (χ3n) is 2.73. The van der Waals surface area contributed by atoms with Crippen LogP contribution in [0.1, 0.15) is 58.3 Å². The molecule has 0 aliphatic rings. The van der Waals surface area contributed by atoms with Gasteiger partial charge in [0.05, 0.1) is 6.61 Å². The molecule has 0 amide bonds. The van der Waals surface area contributed by atoms with Gasteiger partial charge in [0.1, 0.15) is 6.61 Å². The molecule has 21 heavy (non-hydrogen) atoms. The average molecular weight is 362 g/mol. The Balaban J connectivity index is 3.25. The molecular weight excluding hydrogens is 339 g/mol. The first kappa shape index (κ1) is 20.8. The minimum absolute atomic E-state index is 0.209. The molecule has 4 nitrogen and oxygen atoms in total. The summed E-state index contributed by atoms with van der Waals surface area (Å²) in [6.07, 6.45) is 7.38. The van der Waals surface area contributed by atoms with Crippen molar-refractivity contribution in [2.45, 2.75) is 62.1 Å². The summed E-state index contributed by atoms with van der Waals surface area (Å²) in [7, 11) is 0. The van der Waals surface area contributed by atoms with E-state index in [1.165, 1.54) is 6.92 Å². The normalized spacial score (nSPS) is 11.2. The van der Waals surface area contributed by atoms with Crippen LogP contribution in [0.15, 0.2) is 0 Å². The predicted molar refractivity (Wildman–Crippen MR) is 84.8 cm³/mol. The Morgan fingerprint density at radius 1 is 0.857 bits per heavy atom. The third-order valence-corrected chi connectivity index (χ3v) is 3.05. The molecule has 0 fully saturated rings. The van der Waals surface area contributed by atoms with E-state index < -0.39 is 3.79 Å². The zero-order valence-electron chi connectivity index (χ0n) is 12.3. The standard InChI is InChI=1S/C14H23Cl3O4/c1-12(18)20-10-8-6-4-2-3-5-7-9-13(19)21-11-14(15,16)17/h2-11H2,1H3. The fourth-order valence-corrected chi connectivity index (χ4v) is 1.87. The number of carbonyl (C=O) groups excluding carboxylic acids is 2. The van der Waals surface area contributed by atoms with Gasteiger partial charge in [0.2, 0.25) is 3.79 Å². The van der Waals surface area contributed by atoms with Crippen LogP contribution in [0.4, 0.5) is 0 Å². The Bertz CT molecular complexity index is 303. The van der Waals surface area contributed by atoms with Crippen LogP contribution in [0.5, 0.6) is 0 Å². The van der Waals surface area contributed by atoms with E-state index in [9.17, 15) is 9.59 Å². The van der Waals surface area contributed by atoms with Crippen LogP contribution in [0.2, 0.25) is 0 Å². The van der Waals surface area contributed by atoms with Gasteiger partial charge in [-0.25, -0.2) is 0 Å². The molecule has 0 saturated heterocycles. The van der Waals surface area contributed by atoms with Crippen molar-refractivity contribution in [3.05, 3.63) is 0 Å². The van der Waals surface area contributed by atoms with Crippen LogP contribution in [-0.2, 0) is 19.1 Å². The molecule has 0 rings (SSSR count). The van der Waals surface area contributed by atoms with Crippen LogP contribution in [0, 0.1) is 0 Å². The highest BCUT2D eigenvalue weighted by atomic mass is 35.6. The van der Waals surface area contributed by atoms with Crippen LogP contribution in [0.25, 0.3) is 0 Å². The number of esters is 2. The molecule has 0 aromatic heterocycles. The van der Waals surface area contributed by atoms with Gasteiger partial charge in [-0.3, -0.25) is 9.59 Å². The second-order valence-corrected chi connectivity index (χ2v) is 7.36. The Hall–Kier alpha value is -0.190. The topological polar surface area (TPSA) is 52.6 Å². The van der Waals surface area contributed by atoms with Gasteiger partial charge in [0, 0.05) is 13.3 Å².